The summed E-state index contributed by atoms with van der Waals surface area (Å²) in [7, 11) is -1.60. The Labute approximate surface area is 218 Å². The van der Waals surface area contributed by atoms with Crippen molar-refractivity contribution < 1.29 is 27.5 Å². The van der Waals surface area contributed by atoms with Gasteiger partial charge in [-0.05, 0) is 65.5 Å². The van der Waals surface area contributed by atoms with Gasteiger partial charge in [0, 0.05) is 6.42 Å². The zero-order chi connectivity index (χ0) is 26.3. The summed E-state index contributed by atoms with van der Waals surface area (Å²) in [5, 5.41) is 0. The zero-order valence-corrected chi connectivity index (χ0v) is 22.1. The van der Waals surface area contributed by atoms with E-state index in [4.69, 9.17) is 9.47 Å². The maximum absolute atomic E-state index is 14.2. The van der Waals surface area contributed by atoms with Crippen LogP contribution in [0.15, 0.2) is 75.5 Å². The molecule has 6 nitrogen and oxygen atoms in total. The van der Waals surface area contributed by atoms with Crippen LogP contribution in [0.25, 0.3) is 6.08 Å². The molecule has 7 heteroatoms. The van der Waals surface area contributed by atoms with Crippen molar-refractivity contribution in [3.8, 4) is 0 Å². The van der Waals surface area contributed by atoms with Gasteiger partial charge in [-0.15, -0.1) is 0 Å². The summed E-state index contributed by atoms with van der Waals surface area (Å²) in [5.41, 5.74) is 1.65. The molecule has 3 aliphatic rings. The molecule has 0 unspecified atom stereocenters. The number of fused-ring (bicyclic) bond motifs is 3. The number of carbonyl (C=O) groups is 2. The molecule has 1 fully saturated rings. The topological polar surface area (TPSA) is 86.7 Å². The van der Waals surface area contributed by atoms with Gasteiger partial charge in [-0.25, -0.2) is 8.42 Å². The summed E-state index contributed by atoms with van der Waals surface area (Å²) in [4.78, 5) is 26.7. The van der Waals surface area contributed by atoms with E-state index in [-0.39, 0.29) is 28.1 Å². The number of carbonyl (C=O) groups excluding carboxylic acids is 2. The molecule has 5 rings (SSSR count). The smallest absolute Gasteiger partial charge is 0.323 e. The molecule has 0 aliphatic heterocycles. The van der Waals surface area contributed by atoms with Crippen molar-refractivity contribution in [2.24, 2.45) is 5.41 Å². The molecular weight excluding hydrogens is 488 g/mol. The number of sulfone groups is 1. The molecule has 0 amide bonds. The average molecular weight is 521 g/mol. The van der Waals surface area contributed by atoms with Crippen molar-refractivity contribution in [2.75, 3.05) is 14.2 Å². The second-order valence-corrected chi connectivity index (χ2v) is 12.4. The summed E-state index contributed by atoms with van der Waals surface area (Å²) >= 11 is 0. The predicted octanol–water partition coefficient (Wildman–Crippen LogP) is 5.53. The zero-order valence-electron chi connectivity index (χ0n) is 21.3. The number of benzene rings is 2. The van der Waals surface area contributed by atoms with Gasteiger partial charge >= 0.3 is 11.9 Å². The van der Waals surface area contributed by atoms with Crippen LogP contribution in [0.5, 0.6) is 0 Å². The third kappa shape index (κ3) is 4.13. The minimum Gasteiger partial charge on any atom is -0.468 e. The number of allylic oxidation sites excluding steroid dienone is 3. The molecule has 0 aromatic heterocycles. The van der Waals surface area contributed by atoms with Crippen LogP contribution >= 0.6 is 0 Å². The SMILES string of the molecule is COC(=O)C1(C(=O)OC)CC2=Cc3ccccc3C3(CCCCC3)CC2=C(S(=O)(=O)c2ccccc2)C1. The second-order valence-electron chi connectivity index (χ2n) is 10.4. The normalized spacial score (nSPS) is 20.2. The highest BCUT2D eigenvalue weighted by Crippen LogP contribution is 2.55. The highest BCUT2D eigenvalue weighted by Gasteiger charge is 2.55. The van der Waals surface area contributed by atoms with Crippen LogP contribution in [0.3, 0.4) is 0 Å². The molecule has 2 aromatic carbocycles. The van der Waals surface area contributed by atoms with E-state index >= 15 is 0 Å². The molecule has 3 aliphatic carbocycles. The van der Waals surface area contributed by atoms with Gasteiger partial charge in [-0.1, -0.05) is 67.8 Å². The van der Waals surface area contributed by atoms with Gasteiger partial charge in [0.2, 0.25) is 9.84 Å². The number of hydrogen-bond donors (Lipinski definition) is 0. The highest BCUT2D eigenvalue weighted by molar-refractivity contribution is 7.95. The van der Waals surface area contributed by atoms with Crippen LogP contribution in [0, 0.1) is 5.41 Å². The van der Waals surface area contributed by atoms with Gasteiger partial charge < -0.3 is 9.47 Å². The Kier molecular flexibility index (Phi) is 6.61. The monoisotopic (exact) mass is 520 g/mol. The lowest BCUT2D eigenvalue weighted by atomic mass is 9.64. The molecule has 0 saturated heterocycles. The van der Waals surface area contributed by atoms with Gasteiger partial charge in [-0.2, -0.15) is 0 Å². The number of hydrogen-bond acceptors (Lipinski definition) is 6. The van der Waals surface area contributed by atoms with Crippen molar-refractivity contribution in [3.05, 3.63) is 81.8 Å². The molecule has 37 heavy (non-hydrogen) atoms. The molecule has 0 bridgehead atoms. The molecule has 2 aromatic rings. The maximum atomic E-state index is 14.2. The molecule has 0 heterocycles. The summed E-state index contributed by atoms with van der Waals surface area (Å²) in [5.74, 6) is -1.57. The average Bonchev–Trinajstić information content (AvgIpc) is 3.06. The molecular formula is C30H32O6S. The van der Waals surface area contributed by atoms with Crippen LogP contribution in [0.4, 0.5) is 0 Å². The summed E-state index contributed by atoms with van der Waals surface area (Å²) in [6, 6.07) is 16.4. The molecule has 1 saturated carbocycles. The standard InChI is InChI=1S/C30H32O6S/c1-35-27(31)30(28(32)36-2)18-22-17-21-11-7-8-14-25(21)29(15-9-4-10-16-29)19-24(22)26(20-30)37(33,34)23-12-5-3-6-13-23/h3,5-8,11-14,17H,4,9-10,15-16,18-20H2,1-2H3. The lowest BCUT2D eigenvalue weighted by molar-refractivity contribution is -0.169. The molecule has 0 atom stereocenters. The Morgan fingerprint density at radius 1 is 0.784 bits per heavy atom. The minimum atomic E-state index is -4.02. The van der Waals surface area contributed by atoms with E-state index in [9.17, 15) is 18.0 Å². The van der Waals surface area contributed by atoms with E-state index < -0.39 is 27.2 Å². The van der Waals surface area contributed by atoms with E-state index in [1.54, 1.807) is 30.3 Å². The number of rotatable bonds is 4. The largest absolute Gasteiger partial charge is 0.468 e. The highest BCUT2D eigenvalue weighted by atomic mass is 32.2. The lowest BCUT2D eigenvalue weighted by Gasteiger charge is -2.41. The van der Waals surface area contributed by atoms with Crippen LogP contribution in [-0.4, -0.2) is 34.6 Å². The van der Waals surface area contributed by atoms with E-state index in [0.717, 1.165) is 43.2 Å². The third-order valence-electron chi connectivity index (χ3n) is 8.40. The van der Waals surface area contributed by atoms with Gasteiger partial charge in [-0.3, -0.25) is 9.59 Å². The summed E-state index contributed by atoms with van der Waals surface area (Å²) in [6.07, 6.45) is 7.51. The Bertz CT molecular complexity index is 1380. The summed E-state index contributed by atoms with van der Waals surface area (Å²) < 4.78 is 38.6. The third-order valence-corrected chi connectivity index (χ3v) is 10.3. The lowest BCUT2D eigenvalue weighted by Crippen LogP contribution is -2.45. The Morgan fingerprint density at radius 3 is 2.05 bits per heavy atom. The minimum absolute atomic E-state index is 0.0277. The fraction of sp³-hybridized carbons (Fsp3) is 0.400. The Balaban J connectivity index is 1.82. The molecule has 194 valence electrons. The van der Waals surface area contributed by atoms with Gasteiger partial charge in [0.05, 0.1) is 24.0 Å². The van der Waals surface area contributed by atoms with Crippen molar-refractivity contribution in [3.63, 3.8) is 0 Å². The fourth-order valence-electron chi connectivity index (χ4n) is 6.57. The molecule has 0 N–H and O–H groups in total. The van der Waals surface area contributed by atoms with Crippen LogP contribution in [-0.2, 0) is 34.3 Å². The van der Waals surface area contributed by atoms with Gasteiger partial charge in [0.25, 0.3) is 0 Å². The van der Waals surface area contributed by atoms with Gasteiger partial charge in [0.15, 0.2) is 5.41 Å². The van der Waals surface area contributed by atoms with Crippen molar-refractivity contribution in [1.29, 1.82) is 0 Å². The molecule has 1 spiro atoms. The Hall–Kier alpha value is -3.19. The van der Waals surface area contributed by atoms with Gasteiger partial charge in [0.1, 0.15) is 0 Å². The van der Waals surface area contributed by atoms with Crippen LogP contribution in [0.1, 0.15) is 62.5 Å². The van der Waals surface area contributed by atoms with Crippen molar-refractivity contribution in [2.45, 2.75) is 61.7 Å². The first-order valence-electron chi connectivity index (χ1n) is 12.8. The maximum Gasteiger partial charge on any atom is 0.323 e. The number of esters is 2. The first-order chi connectivity index (χ1) is 17.8. The van der Waals surface area contributed by atoms with E-state index in [2.05, 4.69) is 6.07 Å². The van der Waals surface area contributed by atoms with Crippen LogP contribution in [0.2, 0.25) is 0 Å². The first-order valence-corrected chi connectivity index (χ1v) is 14.3. The van der Waals surface area contributed by atoms with Crippen LogP contribution < -0.4 is 0 Å². The van der Waals surface area contributed by atoms with Crippen molar-refractivity contribution in [1.82, 2.24) is 0 Å². The fourth-order valence-corrected chi connectivity index (χ4v) is 8.33. The van der Waals surface area contributed by atoms with Crippen molar-refractivity contribution >= 4 is 27.9 Å². The van der Waals surface area contributed by atoms with E-state index in [1.807, 2.05) is 24.3 Å². The molecule has 0 radical (unpaired) electrons. The van der Waals surface area contributed by atoms with E-state index in [1.165, 1.54) is 19.8 Å². The predicted molar refractivity (Wildman–Crippen MR) is 140 cm³/mol. The number of methoxy groups -OCH3 is 2. The first kappa shape index (κ1) is 25.5. The summed E-state index contributed by atoms with van der Waals surface area (Å²) in [6.45, 7) is 0. The number of ether oxygens (including phenoxy) is 2. The second kappa shape index (κ2) is 9.60. The Morgan fingerprint density at radius 2 is 1.41 bits per heavy atom. The quantitative estimate of drug-likeness (QED) is 0.389. The van der Waals surface area contributed by atoms with E-state index in [0.29, 0.717) is 12.0 Å².